The first-order valence-electron chi connectivity index (χ1n) is 12.9. The summed E-state index contributed by atoms with van der Waals surface area (Å²) in [7, 11) is 2.19. The van der Waals surface area contributed by atoms with E-state index in [1.54, 1.807) is 6.33 Å². The fourth-order valence-corrected chi connectivity index (χ4v) is 5.19. The van der Waals surface area contributed by atoms with Crippen molar-refractivity contribution < 1.29 is 9.15 Å². The second-order valence-electron chi connectivity index (χ2n) is 9.87. The van der Waals surface area contributed by atoms with Crippen molar-refractivity contribution in [2.75, 3.05) is 51.7 Å². The van der Waals surface area contributed by atoms with Crippen molar-refractivity contribution in [3.8, 4) is 22.5 Å². The number of hydrogen-bond acceptors (Lipinski definition) is 7. The number of rotatable bonds is 7. The SMILES string of the molecule is CN1CCN(Cc2ccc(-c3oc4ncnc(NC[C@@H]5CCCO5)c4c3-c3ccccc3)cc2)CC1. The number of hydrogen-bond donors (Lipinski definition) is 1. The van der Waals surface area contributed by atoms with Gasteiger partial charge in [-0.1, -0.05) is 54.6 Å². The Kier molecular flexibility index (Phi) is 6.68. The third-order valence-electron chi connectivity index (χ3n) is 7.29. The van der Waals surface area contributed by atoms with Gasteiger partial charge in [0.15, 0.2) is 0 Å². The zero-order valence-corrected chi connectivity index (χ0v) is 20.8. The molecule has 2 saturated heterocycles. The van der Waals surface area contributed by atoms with Gasteiger partial charge in [0.05, 0.1) is 11.5 Å². The summed E-state index contributed by atoms with van der Waals surface area (Å²) in [5.41, 5.74) is 5.06. The molecule has 1 atom stereocenters. The molecule has 1 N–H and O–H groups in total. The highest BCUT2D eigenvalue weighted by molar-refractivity contribution is 6.05. The highest BCUT2D eigenvalue weighted by Crippen LogP contribution is 2.42. The lowest BCUT2D eigenvalue weighted by Crippen LogP contribution is -2.43. The largest absolute Gasteiger partial charge is 0.437 e. The van der Waals surface area contributed by atoms with Crippen molar-refractivity contribution >= 4 is 16.9 Å². The molecule has 2 aliphatic heterocycles. The minimum Gasteiger partial charge on any atom is -0.437 e. The summed E-state index contributed by atoms with van der Waals surface area (Å²) in [5, 5.41) is 4.43. The van der Waals surface area contributed by atoms with Crippen LogP contribution < -0.4 is 5.32 Å². The summed E-state index contributed by atoms with van der Waals surface area (Å²) in [6, 6.07) is 19.2. The Hall–Kier alpha value is -3.26. The Morgan fingerprint density at radius 3 is 2.50 bits per heavy atom. The number of benzene rings is 2. The molecule has 186 valence electrons. The van der Waals surface area contributed by atoms with E-state index >= 15 is 0 Å². The molecule has 0 radical (unpaired) electrons. The van der Waals surface area contributed by atoms with Crippen molar-refractivity contribution in [3.05, 3.63) is 66.5 Å². The van der Waals surface area contributed by atoms with Crippen LogP contribution in [0.25, 0.3) is 33.6 Å². The van der Waals surface area contributed by atoms with Gasteiger partial charge in [0.25, 0.3) is 0 Å². The predicted molar refractivity (Wildman–Crippen MR) is 143 cm³/mol. The minimum atomic E-state index is 0.217. The fourth-order valence-electron chi connectivity index (χ4n) is 5.19. The lowest BCUT2D eigenvalue weighted by molar-refractivity contribution is 0.120. The monoisotopic (exact) mass is 483 g/mol. The van der Waals surface area contributed by atoms with E-state index in [4.69, 9.17) is 9.15 Å². The van der Waals surface area contributed by atoms with Crippen molar-refractivity contribution in [1.82, 2.24) is 19.8 Å². The maximum atomic E-state index is 6.42. The van der Waals surface area contributed by atoms with Crippen LogP contribution in [0.3, 0.4) is 0 Å². The van der Waals surface area contributed by atoms with Crippen LogP contribution in [0, 0.1) is 0 Å². The number of piperazine rings is 1. The van der Waals surface area contributed by atoms with Gasteiger partial charge < -0.3 is 19.4 Å². The molecule has 0 amide bonds. The molecule has 4 aromatic rings. The van der Waals surface area contributed by atoms with E-state index in [0.29, 0.717) is 5.71 Å². The zero-order chi connectivity index (χ0) is 24.3. The molecule has 7 nitrogen and oxygen atoms in total. The first kappa shape index (κ1) is 23.2. The third-order valence-corrected chi connectivity index (χ3v) is 7.29. The molecule has 6 rings (SSSR count). The number of likely N-dealkylation sites (N-methyl/N-ethyl adjacent to an activating group) is 1. The van der Waals surface area contributed by atoms with Crippen LogP contribution in [0.2, 0.25) is 0 Å². The van der Waals surface area contributed by atoms with E-state index in [0.717, 1.165) is 92.4 Å². The van der Waals surface area contributed by atoms with Gasteiger partial charge >= 0.3 is 0 Å². The van der Waals surface area contributed by atoms with E-state index < -0.39 is 0 Å². The van der Waals surface area contributed by atoms with Gasteiger partial charge in [-0.15, -0.1) is 0 Å². The van der Waals surface area contributed by atoms with E-state index in [1.807, 2.05) is 6.07 Å². The van der Waals surface area contributed by atoms with E-state index in [2.05, 4.69) is 80.7 Å². The molecular weight excluding hydrogens is 450 g/mol. The number of furan rings is 1. The van der Waals surface area contributed by atoms with Gasteiger partial charge in [-0.2, -0.15) is 0 Å². The van der Waals surface area contributed by atoms with Crippen LogP contribution in [0.5, 0.6) is 0 Å². The van der Waals surface area contributed by atoms with Crippen molar-refractivity contribution in [2.45, 2.75) is 25.5 Å². The highest BCUT2D eigenvalue weighted by atomic mass is 16.5. The van der Waals surface area contributed by atoms with Crippen LogP contribution in [-0.2, 0) is 11.3 Å². The maximum Gasteiger partial charge on any atom is 0.232 e. The van der Waals surface area contributed by atoms with Gasteiger partial charge in [-0.05, 0) is 31.0 Å². The number of anilines is 1. The van der Waals surface area contributed by atoms with Crippen LogP contribution in [0.4, 0.5) is 5.82 Å². The van der Waals surface area contributed by atoms with Gasteiger partial charge in [-0.3, -0.25) is 4.90 Å². The Labute approximate surface area is 212 Å². The van der Waals surface area contributed by atoms with E-state index in [-0.39, 0.29) is 6.10 Å². The Balaban J connectivity index is 1.34. The molecule has 2 aromatic heterocycles. The zero-order valence-electron chi connectivity index (χ0n) is 20.8. The summed E-state index contributed by atoms with van der Waals surface area (Å²) >= 11 is 0. The summed E-state index contributed by atoms with van der Waals surface area (Å²) in [6.45, 7) is 7.01. The number of ether oxygens (including phenoxy) is 1. The fraction of sp³-hybridized carbons (Fsp3) is 0.379. The van der Waals surface area contributed by atoms with Gasteiger partial charge in [0.1, 0.15) is 17.9 Å². The normalized spacial score (nSPS) is 19.2. The van der Waals surface area contributed by atoms with Crippen LogP contribution in [-0.4, -0.2) is 72.3 Å². The molecule has 0 aliphatic carbocycles. The highest BCUT2D eigenvalue weighted by Gasteiger charge is 2.23. The van der Waals surface area contributed by atoms with Gasteiger partial charge in [-0.25, -0.2) is 9.97 Å². The average Bonchev–Trinajstić information content (AvgIpc) is 3.58. The van der Waals surface area contributed by atoms with E-state index in [9.17, 15) is 0 Å². The second kappa shape index (κ2) is 10.4. The quantitative estimate of drug-likeness (QED) is 0.401. The summed E-state index contributed by atoms with van der Waals surface area (Å²) in [5.74, 6) is 1.61. The molecule has 4 heterocycles. The van der Waals surface area contributed by atoms with Gasteiger partial charge in [0.2, 0.25) is 5.71 Å². The lowest BCUT2D eigenvalue weighted by atomic mass is 9.98. The molecule has 2 aromatic carbocycles. The Morgan fingerprint density at radius 1 is 0.944 bits per heavy atom. The minimum absolute atomic E-state index is 0.217. The first-order chi connectivity index (χ1) is 17.7. The van der Waals surface area contributed by atoms with Crippen LogP contribution in [0.1, 0.15) is 18.4 Å². The Morgan fingerprint density at radius 2 is 1.75 bits per heavy atom. The van der Waals surface area contributed by atoms with Crippen LogP contribution in [0.15, 0.2) is 65.3 Å². The number of aromatic nitrogens is 2. The standard InChI is InChI=1S/C29H33N5O2/c1-33-13-15-34(16-14-33)19-21-9-11-23(12-10-21)27-25(22-6-3-2-4-7-22)26-28(31-20-32-29(26)36-27)30-18-24-8-5-17-35-24/h2-4,6-7,9-12,20,24H,5,8,13-19H2,1H3,(H,30,31,32)/t24-/m0/s1. The molecule has 0 spiro atoms. The van der Waals surface area contributed by atoms with Crippen molar-refractivity contribution in [3.63, 3.8) is 0 Å². The second-order valence-corrected chi connectivity index (χ2v) is 9.87. The van der Waals surface area contributed by atoms with Crippen LogP contribution >= 0.6 is 0 Å². The van der Waals surface area contributed by atoms with Crippen molar-refractivity contribution in [1.29, 1.82) is 0 Å². The predicted octanol–water partition coefficient (Wildman–Crippen LogP) is 4.90. The average molecular weight is 484 g/mol. The number of nitrogens with zero attached hydrogens (tertiary/aromatic N) is 4. The molecule has 7 heteroatoms. The molecule has 36 heavy (non-hydrogen) atoms. The summed E-state index contributed by atoms with van der Waals surface area (Å²) < 4.78 is 12.2. The maximum absolute atomic E-state index is 6.42. The summed E-state index contributed by atoms with van der Waals surface area (Å²) in [4.78, 5) is 14.0. The van der Waals surface area contributed by atoms with Gasteiger partial charge in [0, 0.05) is 57.0 Å². The molecule has 2 aliphatic rings. The first-order valence-corrected chi connectivity index (χ1v) is 12.9. The molecule has 0 unspecified atom stereocenters. The Bertz CT molecular complexity index is 1290. The molecule has 2 fully saturated rings. The van der Waals surface area contributed by atoms with Crippen molar-refractivity contribution in [2.24, 2.45) is 0 Å². The molecular formula is C29H33N5O2. The summed E-state index contributed by atoms with van der Waals surface area (Å²) in [6.07, 6.45) is 3.97. The topological polar surface area (TPSA) is 66.7 Å². The lowest BCUT2D eigenvalue weighted by Gasteiger charge is -2.32. The van der Waals surface area contributed by atoms with E-state index in [1.165, 1.54) is 5.56 Å². The number of nitrogens with one attached hydrogen (secondary N) is 1. The molecule has 0 saturated carbocycles. The molecule has 0 bridgehead atoms. The third kappa shape index (κ3) is 4.87. The smallest absolute Gasteiger partial charge is 0.232 e. The number of fused-ring (bicyclic) bond motifs is 1.